The van der Waals surface area contributed by atoms with Gasteiger partial charge in [-0.25, -0.2) is 13.2 Å². The Labute approximate surface area is 139 Å². The van der Waals surface area contributed by atoms with Crippen molar-refractivity contribution in [1.29, 1.82) is 0 Å². The van der Waals surface area contributed by atoms with E-state index >= 15 is 0 Å². The minimum Gasteiger partial charge on any atom is -0.366 e. The summed E-state index contributed by atoms with van der Waals surface area (Å²) in [5.74, 6) is -0.651. The van der Waals surface area contributed by atoms with E-state index in [1.54, 1.807) is 18.2 Å². The lowest BCUT2D eigenvalue weighted by Crippen LogP contribution is -2.22. The Morgan fingerprint density at radius 2 is 1.50 bits per heavy atom. The Morgan fingerprint density at radius 3 is 2.08 bits per heavy atom. The quantitative estimate of drug-likeness (QED) is 0.656. The number of rotatable bonds is 5. The zero-order valence-electron chi connectivity index (χ0n) is 12.7. The van der Waals surface area contributed by atoms with Crippen molar-refractivity contribution in [2.75, 3.05) is 21.6 Å². The van der Waals surface area contributed by atoms with E-state index < -0.39 is 22.0 Å². The zero-order valence-corrected chi connectivity index (χ0v) is 13.6. The van der Waals surface area contributed by atoms with Crippen molar-refractivity contribution in [3.8, 4) is 0 Å². The van der Waals surface area contributed by atoms with Gasteiger partial charge >= 0.3 is 6.03 Å². The minimum atomic E-state index is -3.36. The van der Waals surface area contributed by atoms with Crippen LogP contribution < -0.4 is 21.1 Å². The highest BCUT2D eigenvalue weighted by molar-refractivity contribution is 7.92. The molecule has 3 amide bonds. The molecule has 0 aliphatic rings. The van der Waals surface area contributed by atoms with Crippen molar-refractivity contribution >= 4 is 39.0 Å². The van der Waals surface area contributed by atoms with Gasteiger partial charge < -0.3 is 16.4 Å². The van der Waals surface area contributed by atoms with Crippen LogP contribution in [0.25, 0.3) is 0 Å². The Hall–Kier alpha value is -3.07. The Bertz CT molecular complexity index is 863. The molecule has 2 aromatic rings. The molecule has 0 saturated carbocycles. The second-order valence-corrected chi connectivity index (χ2v) is 6.69. The number of amides is 3. The number of hydrogen-bond acceptors (Lipinski definition) is 4. The van der Waals surface area contributed by atoms with Crippen molar-refractivity contribution in [1.82, 2.24) is 0 Å². The molecule has 0 fully saturated rings. The number of nitrogens with one attached hydrogen (secondary N) is 3. The highest BCUT2D eigenvalue weighted by Crippen LogP contribution is 2.17. The molecule has 0 spiro atoms. The average molecular weight is 348 g/mol. The molecule has 0 aliphatic carbocycles. The number of primary amides is 1. The predicted molar refractivity (Wildman–Crippen MR) is 92.5 cm³/mol. The fourth-order valence-electron chi connectivity index (χ4n) is 1.93. The predicted octanol–water partition coefficient (Wildman–Crippen LogP) is 1.80. The Morgan fingerprint density at radius 1 is 0.917 bits per heavy atom. The van der Waals surface area contributed by atoms with Gasteiger partial charge in [0.1, 0.15) is 0 Å². The zero-order chi connectivity index (χ0) is 17.7. The second-order valence-electron chi connectivity index (χ2n) is 4.94. The third kappa shape index (κ3) is 4.99. The van der Waals surface area contributed by atoms with Gasteiger partial charge in [0.05, 0.1) is 17.5 Å². The van der Waals surface area contributed by atoms with Crippen LogP contribution in [0.1, 0.15) is 10.4 Å². The molecule has 0 heterocycles. The number of urea groups is 1. The molecule has 24 heavy (non-hydrogen) atoms. The fraction of sp³-hybridized carbons (Fsp3) is 0.0667. The van der Waals surface area contributed by atoms with Crippen molar-refractivity contribution in [3.05, 3.63) is 54.1 Å². The van der Waals surface area contributed by atoms with Crippen molar-refractivity contribution in [3.63, 3.8) is 0 Å². The Balaban J connectivity index is 2.04. The van der Waals surface area contributed by atoms with Gasteiger partial charge in [-0.1, -0.05) is 12.1 Å². The number of anilines is 3. The van der Waals surface area contributed by atoms with Gasteiger partial charge in [-0.2, -0.15) is 0 Å². The molecule has 0 aromatic heterocycles. The van der Waals surface area contributed by atoms with E-state index in [9.17, 15) is 18.0 Å². The summed E-state index contributed by atoms with van der Waals surface area (Å²) in [6.45, 7) is 0. The smallest absolute Gasteiger partial charge is 0.323 e. The molecule has 5 N–H and O–H groups in total. The van der Waals surface area contributed by atoms with E-state index in [4.69, 9.17) is 5.73 Å². The lowest BCUT2D eigenvalue weighted by Gasteiger charge is -2.11. The number of hydrogen-bond donors (Lipinski definition) is 4. The van der Waals surface area contributed by atoms with Crippen LogP contribution in [0.4, 0.5) is 21.9 Å². The molecule has 0 atom stereocenters. The van der Waals surface area contributed by atoms with Gasteiger partial charge in [-0.3, -0.25) is 9.52 Å². The van der Waals surface area contributed by atoms with Crippen LogP contribution in [0.3, 0.4) is 0 Å². The second kappa shape index (κ2) is 7.01. The summed E-state index contributed by atoms with van der Waals surface area (Å²) in [4.78, 5) is 23.3. The monoisotopic (exact) mass is 348 g/mol. The SMILES string of the molecule is CS(=O)(=O)Nc1ccc(NC(=O)Nc2ccccc2C(N)=O)cc1. The molecule has 126 valence electrons. The van der Waals surface area contributed by atoms with Gasteiger partial charge in [-0.15, -0.1) is 0 Å². The summed E-state index contributed by atoms with van der Waals surface area (Å²) in [7, 11) is -3.36. The number of carbonyl (C=O) groups excluding carboxylic acids is 2. The van der Waals surface area contributed by atoms with Crippen LogP contribution in [0.2, 0.25) is 0 Å². The first kappa shape index (κ1) is 17.3. The molecule has 0 radical (unpaired) electrons. The molecule has 2 aromatic carbocycles. The summed E-state index contributed by atoms with van der Waals surface area (Å²) in [6, 6.07) is 11.9. The van der Waals surface area contributed by atoms with Gasteiger partial charge in [0, 0.05) is 11.4 Å². The lowest BCUT2D eigenvalue weighted by atomic mass is 10.1. The van der Waals surface area contributed by atoms with E-state index in [0.29, 0.717) is 11.4 Å². The standard InChI is InChI=1S/C15H16N4O4S/c1-24(22,23)19-11-8-6-10(7-9-11)17-15(21)18-13-5-3-2-4-12(13)14(16)20/h2-9,19H,1H3,(H2,16,20)(H2,17,18,21). The largest absolute Gasteiger partial charge is 0.366 e. The van der Waals surface area contributed by atoms with Gasteiger partial charge in [0.15, 0.2) is 0 Å². The van der Waals surface area contributed by atoms with Crippen LogP contribution in [0, 0.1) is 0 Å². The maximum absolute atomic E-state index is 12.0. The molecule has 0 bridgehead atoms. The summed E-state index contributed by atoms with van der Waals surface area (Å²) >= 11 is 0. The van der Waals surface area contributed by atoms with Crippen LogP contribution in [0.5, 0.6) is 0 Å². The first-order chi connectivity index (χ1) is 11.2. The van der Waals surface area contributed by atoms with Crippen LogP contribution in [-0.4, -0.2) is 26.6 Å². The molecular formula is C15H16N4O4S. The van der Waals surface area contributed by atoms with Crippen molar-refractivity contribution in [2.24, 2.45) is 5.73 Å². The average Bonchev–Trinajstić information content (AvgIpc) is 2.48. The number of sulfonamides is 1. The van der Waals surface area contributed by atoms with Crippen molar-refractivity contribution < 1.29 is 18.0 Å². The minimum absolute atomic E-state index is 0.195. The maximum Gasteiger partial charge on any atom is 0.323 e. The first-order valence-electron chi connectivity index (χ1n) is 6.79. The molecule has 0 saturated heterocycles. The van der Waals surface area contributed by atoms with E-state index in [1.807, 2.05) is 0 Å². The normalized spacial score (nSPS) is 10.7. The highest BCUT2D eigenvalue weighted by Gasteiger charge is 2.10. The van der Waals surface area contributed by atoms with Crippen molar-refractivity contribution in [2.45, 2.75) is 0 Å². The summed E-state index contributed by atoms with van der Waals surface area (Å²) < 4.78 is 24.6. The maximum atomic E-state index is 12.0. The third-order valence-corrected chi connectivity index (χ3v) is 3.49. The van der Waals surface area contributed by atoms with E-state index in [1.165, 1.54) is 30.3 Å². The molecule has 0 unspecified atom stereocenters. The number of nitrogens with two attached hydrogens (primary N) is 1. The lowest BCUT2D eigenvalue weighted by molar-refractivity contribution is 0.100. The van der Waals surface area contributed by atoms with Crippen LogP contribution >= 0.6 is 0 Å². The topological polar surface area (TPSA) is 130 Å². The van der Waals surface area contributed by atoms with Crippen LogP contribution in [0.15, 0.2) is 48.5 Å². The Kier molecular flexibility index (Phi) is 5.05. The molecular weight excluding hydrogens is 332 g/mol. The third-order valence-electron chi connectivity index (χ3n) is 2.89. The molecule has 2 rings (SSSR count). The van der Waals surface area contributed by atoms with E-state index in [2.05, 4.69) is 15.4 Å². The van der Waals surface area contributed by atoms with Gasteiger partial charge in [0.25, 0.3) is 5.91 Å². The molecule has 0 aliphatic heterocycles. The van der Waals surface area contributed by atoms with E-state index in [-0.39, 0.29) is 11.3 Å². The fourth-order valence-corrected chi connectivity index (χ4v) is 2.49. The van der Waals surface area contributed by atoms with E-state index in [0.717, 1.165) is 6.26 Å². The van der Waals surface area contributed by atoms with Gasteiger partial charge in [0.2, 0.25) is 10.0 Å². The first-order valence-corrected chi connectivity index (χ1v) is 8.68. The summed E-state index contributed by atoms with van der Waals surface area (Å²) in [5, 5.41) is 5.10. The molecule has 9 heteroatoms. The highest BCUT2D eigenvalue weighted by atomic mass is 32.2. The van der Waals surface area contributed by atoms with Crippen LogP contribution in [-0.2, 0) is 10.0 Å². The summed E-state index contributed by atoms with van der Waals surface area (Å²) in [6.07, 6.45) is 1.04. The number of carbonyl (C=O) groups is 2. The molecule has 8 nitrogen and oxygen atoms in total. The number of para-hydroxylation sites is 1. The number of benzene rings is 2. The summed E-state index contributed by atoms with van der Waals surface area (Å²) in [5.41, 5.74) is 6.55. The van der Waals surface area contributed by atoms with Gasteiger partial charge in [-0.05, 0) is 36.4 Å².